The molecular formula is C22H26FN5O2. The molecule has 0 spiro atoms. The predicted molar refractivity (Wildman–Crippen MR) is 112 cm³/mol. The number of carbonyl (C=O) groups excluding carboxylic acids is 1. The molecule has 1 aliphatic carbocycles. The number of anilines is 1. The molecule has 3 heterocycles. The maximum absolute atomic E-state index is 14.6. The first-order valence-corrected chi connectivity index (χ1v) is 10.4. The molecule has 4 rings (SSSR count). The predicted octanol–water partition coefficient (Wildman–Crippen LogP) is 4.39. The lowest BCUT2D eigenvalue weighted by molar-refractivity contribution is -0.153. The molecule has 0 radical (unpaired) electrons. The number of hydrogen-bond donors (Lipinski definition) is 2. The van der Waals surface area contributed by atoms with Crippen molar-refractivity contribution in [2.24, 2.45) is 5.92 Å². The van der Waals surface area contributed by atoms with Crippen LogP contribution in [0.3, 0.4) is 0 Å². The number of halogens is 1. The van der Waals surface area contributed by atoms with Crippen molar-refractivity contribution < 1.29 is 13.9 Å². The fourth-order valence-electron chi connectivity index (χ4n) is 3.97. The van der Waals surface area contributed by atoms with Crippen LogP contribution in [0.25, 0.3) is 22.4 Å². The summed E-state index contributed by atoms with van der Waals surface area (Å²) >= 11 is 0. The van der Waals surface area contributed by atoms with Gasteiger partial charge < -0.3 is 15.0 Å². The number of esters is 1. The third-order valence-corrected chi connectivity index (χ3v) is 5.40. The summed E-state index contributed by atoms with van der Waals surface area (Å²) in [6.07, 6.45) is 7.94. The van der Waals surface area contributed by atoms with Gasteiger partial charge in [-0.3, -0.25) is 4.79 Å². The van der Waals surface area contributed by atoms with E-state index in [9.17, 15) is 9.18 Å². The molecule has 3 aromatic rings. The van der Waals surface area contributed by atoms with Crippen molar-refractivity contribution in [3.8, 4) is 11.4 Å². The van der Waals surface area contributed by atoms with E-state index >= 15 is 0 Å². The Morgan fingerprint density at radius 3 is 2.87 bits per heavy atom. The number of nitrogens with one attached hydrogen (secondary N) is 2. The lowest BCUT2D eigenvalue weighted by atomic mass is 9.84. The zero-order valence-electron chi connectivity index (χ0n) is 17.4. The van der Waals surface area contributed by atoms with E-state index in [1.54, 1.807) is 12.4 Å². The molecule has 3 aromatic heterocycles. The van der Waals surface area contributed by atoms with Crippen molar-refractivity contribution in [2.75, 3.05) is 5.32 Å². The lowest BCUT2D eigenvalue weighted by Crippen LogP contribution is -2.39. The molecule has 0 saturated heterocycles. The van der Waals surface area contributed by atoms with Gasteiger partial charge in [0.05, 0.1) is 18.2 Å². The number of H-pyrrole nitrogens is 1. The van der Waals surface area contributed by atoms with Crippen molar-refractivity contribution in [3.05, 3.63) is 36.0 Å². The van der Waals surface area contributed by atoms with E-state index in [0.717, 1.165) is 54.0 Å². The van der Waals surface area contributed by atoms with E-state index in [-0.39, 0.29) is 29.9 Å². The summed E-state index contributed by atoms with van der Waals surface area (Å²) in [4.78, 5) is 28.6. The molecule has 1 aliphatic rings. The van der Waals surface area contributed by atoms with Gasteiger partial charge in [-0.15, -0.1) is 0 Å². The Balaban J connectivity index is 1.63. The van der Waals surface area contributed by atoms with Crippen molar-refractivity contribution in [2.45, 2.75) is 58.6 Å². The zero-order valence-corrected chi connectivity index (χ0v) is 17.4. The van der Waals surface area contributed by atoms with Gasteiger partial charge in [0.2, 0.25) is 0 Å². The van der Waals surface area contributed by atoms with Crippen LogP contribution in [0.5, 0.6) is 0 Å². The second-order valence-electron chi connectivity index (χ2n) is 8.13. The average molecular weight is 411 g/mol. The zero-order chi connectivity index (χ0) is 21.3. The molecule has 0 amide bonds. The standard InChI is InChI=1S/C22H26FN5O2/c1-12(2)30-22(29)14-6-4-5-7-18(14)27-21-17(23)11-26-20(28-21)16-10-25-19-15(16)8-13(3)9-24-19/h8-12,14,18H,4-7H2,1-3H3,(H,24,25)(H,26,27,28)/t14-,18-/m1/s1. The quantitative estimate of drug-likeness (QED) is 0.605. The van der Waals surface area contributed by atoms with Crippen LogP contribution in [-0.4, -0.2) is 38.1 Å². The van der Waals surface area contributed by atoms with Crippen LogP contribution < -0.4 is 5.32 Å². The van der Waals surface area contributed by atoms with Gasteiger partial charge in [-0.2, -0.15) is 0 Å². The van der Waals surface area contributed by atoms with E-state index in [1.165, 1.54) is 0 Å². The van der Waals surface area contributed by atoms with Crippen LogP contribution in [0, 0.1) is 18.7 Å². The number of carbonyl (C=O) groups is 1. The number of ether oxygens (including phenoxy) is 1. The first-order valence-electron chi connectivity index (χ1n) is 10.4. The number of aromatic amines is 1. The average Bonchev–Trinajstić information content (AvgIpc) is 3.12. The first kappa shape index (κ1) is 20.3. The highest BCUT2D eigenvalue weighted by atomic mass is 19.1. The van der Waals surface area contributed by atoms with Gasteiger partial charge in [-0.25, -0.2) is 19.3 Å². The number of aromatic nitrogens is 4. The molecule has 8 heteroatoms. The third kappa shape index (κ3) is 4.13. The van der Waals surface area contributed by atoms with Crippen molar-refractivity contribution in [1.29, 1.82) is 0 Å². The molecule has 7 nitrogen and oxygen atoms in total. The van der Waals surface area contributed by atoms with E-state index in [2.05, 4.69) is 25.3 Å². The summed E-state index contributed by atoms with van der Waals surface area (Å²) in [5.41, 5.74) is 2.49. The summed E-state index contributed by atoms with van der Waals surface area (Å²) in [5.74, 6) is -0.609. The molecule has 0 unspecified atom stereocenters. The molecule has 2 atom stereocenters. The molecule has 1 fully saturated rings. The monoisotopic (exact) mass is 411 g/mol. The SMILES string of the molecule is Cc1cnc2[nH]cc(-c3ncc(F)c(N[C@@H]4CCCC[C@H]4C(=O)OC(C)C)n3)c2c1. The largest absolute Gasteiger partial charge is 0.463 e. The van der Waals surface area contributed by atoms with Gasteiger partial charge in [0.25, 0.3) is 0 Å². The highest BCUT2D eigenvalue weighted by molar-refractivity contribution is 5.92. The van der Waals surface area contributed by atoms with Gasteiger partial charge in [0.1, 0.15) is 5.65 Å². The number of pyridine rings is 1. The van der Waals surface area contributed by atoms with Gasteiger partial charge in [0, 0.05) is 29.4 Å². The van der Waals surface area contributed by atoms with Crippen LogP contribution in [0.15, 0.2) is 24.7 Å². The molecule has 0 bridgehead atoms. The fraction of sp³-hybridized carbons (Fsp3) is 0.455. The number of aryl methyl sites for hydroxylation is 1. The Labute approximate surface area is 174 Å². The number of rotatable bonds is 5. The Hall–Kier alpha value is -3.03. The minimum atomic E-state index is -0.547. The minimum Gasteiger partial charge on any atom is -0.463 e. The van der Waals surface area contributed by atoms with Crippen molar-refractivity contribution in [3.63, 3.8) is 0 Å². The molecular weight excluding hydrogens is 385 g/mol. The summed E-state index contributed by atoms with van der Waals surface area (Å²) in [6, 6.07) is 1.77. The first-order chi connectivity index (χ1) is 14.4. The van der Waals surface area contributed by atoms with E-state index in [0.29, 0.717) is 5.82 Å². The second kappa shape index (κ2) is 8.38. The Morgan fingerprint density at radius 1 is 1.27 bits per heavy atom. The molecule has 1 saturated carbocycles. The summed E-state index contributed by atoms with van der Waals surface area (Å²) in [5, 5.41) is 4.04. The minimum absolute atomic E-state index is 0.101. The topological polar surface area (TPSA) is 92.8 Å². The molecule has 0 aromatic carbocycles. The fourth-order valence-corrected chi connectivity index (χ4v) is 3.97. The Bertz CT molecular complexity index is 1060. The van der Waals surface area contributed by atoms with Crippen LogP contribution in [0.4, 0.5) is 10.2 Å². The van der Waals surface area contributed by atoms with Gasteiger partial charge in [-0.05, 0) is 45.2 Å². The lowest BCUT2D eigenvalue weighted by Gasteiger charge is -2.31. The van der Waals surface area contributed by atoms with Crippen molar-refractivity contribution >= 4 is 22.8 Å². The summed E-state index contributed by atoms with van der Waals surface area (Å²) in [7, 11) is 0. The highest BCUT2D eigenvalue weighted by Crippen LogP contribution is 2.31. The van der Waals surface area contributed by atoms with Crippen LogP contribution in [0.2, 0.25) is 0 Å². The molecule has 30 heavy (non-hydrogen) atoms. The highest BCUT2D eigenvalue weighted by Gasteiger charge is 2.33. The van der Waals surface area contributed by atoms with Crippen LogP contribution >= 0.6 is 0 Å². The van der Waals surface area contributed by atoms with E-state index < -0.39 is 5.82 Å². The van der Waals surface area contributed by atoms with Gasteiger partial charge in [0.15, 0.2) is 17.5 Å². The summed E-state index contributed by atoms with van der Waals surface area (Å²) in [6.45, 7) is 5.62. The number of hydrogen-bond acceptors (Lipinski definition) is 6. The molecule has 0 aliphatic heterocycles. The Kier molecular flexibility index (Phi) is 5.65. The van der Waals surface area contributed by atoms with Crippen LogP contribution in [-0.2, 0) is 9.53 Å². The number of fused-ring (bicyclic) bond motifs is 1. The number of nitrogens with zero attached hydrogens (tertiary/aromatic N) is 3. The second-order valence-corrected chi connectivity index (χ2v) is 8.13. The maximum atomic E-state index is 14.6. The van der Waals surface area contributed by atoms with Gasteiger partial charge >= 0.3 is 5.97 Å². The molecule has 2 N–H and O–H groups in total. The van der Waals surface area contributed by atoms with E-state index in [1.807, 2.05) is 26.8 Å². The smallest absolute Gasteiger partial charge is 0.311 e. The Morgan fingerprint density at radius 2 is 2.07 bits per heavy atom. The van der Waals surface area contributed by atoms with Gasteiger partial charge in [-0.1, -0.05) is 12.8 Å². The van der Waals surface area contributed by atoms with Crippen molar-refractivity contribution in [1.82, 2.24) is 19.9 Å². The summed E-state index contributed by atoms with van der Waals surface area (Å²) < 4.78 is 20.0. The van der Waals surface area contributed by atoms with Crippen LogP contribution in [0.1, 0.15) is 45.1 Å². The third-order valence-electron chi connectivity index (χ3n) is 5.40. The normalized spacial score (nSPS) is 19.2. The maximum Gasteiger partial charge on any atom is 0.311 e. The van der Waals surface area contributed by atoms with E-state index in [4.69, 9.17) is 4.74 Å². The molecule has 158 valence electrons.